The number of piperazine rings is 1. The van der Waals surface area contributed by atoms with Crippen molar-refractivity contribution in [1.29, 1.82) is 0 Å². The van der Waals surface area contributed by atoms with Gasteiger partial charge in [0.15, 0.2) is 0 Å². The van der Waals surface area contributed by atoms with E-state index >= 15 is 0 Å². The normalized spacial score (nSPS) is 20.7. The zero-order chi connectivity index (χ0) is 17.1. The van der Waals surface area contributed by atoms with Crippen molar-refractivity contribution in [1.82, 2.24) is 30.8 Å². The molecule has 0 aliphatic carbocycles. The molecule has 2 aliphatic rings. The first-order chi connectivity index (χ1) is 12.3. The molecule has 0 saturated carbocycles. The molecule has 0 bridgehead atoms. The molecular weight excluding hydrogens is 312 g/mol. The Morgan fingerprint density at radius 3 is 3.00 bits per heavy atom. The summed E-state index contributed by atoms with van der Waals surface area (Å²) < 4.78 is 0. The Balaban J connectivity index is 1.48. The van der Waals surface area contributed by atoms with Crippen molar-refractivity contribution in [2.75, 3.05) is 26.2 Å². The predicted octanol–water partition coefficient (Wildman–Crippen LogP) is 1.34. The van der Waals surface area contributed by atoms with Gasteiger partial charge in [-0.15, -0.1) is 0 Å². The summed E-state index contributed by atoms with van der Waals surface area (Å²) in [5.41, 5.74) is 5.52. The third kappa shape index (κ3) is 3.44. The molecule has 130 valence electrons. The minimum Gasteiger partial charge on any atom is -0.386 e. The van der Waals surface area contributed by atoms with Gasteiger partial charge in [-0.25, -0.2) is 0 Å². The summed E-state index contributed by atoms with van der Waals surface area (Å²) in [4.78, 5) is 11.2. The molecule has 0 amide bonds. The van der Waals surface area contributed by atoms with Crippen LogP contribution < -0.4 is 16.0 Å². The lowest BCUT2D eigenvalue weighted by Gasteiger charge is -2.39. The van der Waals surface area contributed by atoms with E-state index in [0.717, 1.165) is 49.5 Å². The zero-order valence-electron chi connectivity index (χ0n) is 14.5. The molecule has 6 heteroatoms. The van der Waals surface area contributed by atoms with Crippen LogP contribution >= 0.6 is 0 Å². The predicted molar refractivity (Wildman–Crippen MR) is 99.6 cm³/mol. The van der Waals surface area contributed by atoms with Crippen molar-refractivity contribution in [3.63, 3.8) is 0 Å². The van der Waals surface area contributed by atoms with Crippen LogP contribution in [0.2, 0.25) is 0 Å². The molecule has 3 N–H and O–H groups in total. The highest BCUT2D eigenvalue weighted by Crippen LogP contribution is 2.20. The Morgan fingerprint density at radius 1 is 1.24 bits per heavy atom. The Hall–Kier alpha value is -2.60. The van der Waals surface area contributed by atoms with Crippen LogP contribution in [-0.2, 0) is 6.54 Å². The quantitative estimate of drug-likeness (QED) is 0.783. The van der Waals surface area contributed by atoms with Crippen molar-refractivity contribution >= 4 is 11.0 Å². The Morgan fingerprint density at radius 2 is 2.12 bits per heavy atom. The highest BCUT2D eigenvalue weighted by atomic mass is 15.2. The van der Waals surface area contributed by atoms with Crippen LogP contribution in [0.1, 0.15) is 12.5 Å². The maximum atomic E-state index is 4.39. The van der Waals surface area contributed by atoms with E-state index in [1.807, 2.05) is 6.07 Å². The average Bonchev–Trinajstić information content (AvgIpc) is 2.67. The average molecular weight is 336 g/mol. The van der Waals surface area contributed by atoms with Gasteiger partial charge in [0, 0.05) is 57.4 Å². The maximum absolute atomic E-state index is 4.39. The fourth-order valence-corrected chi connectivity index (χ4v) is 3.43. The number of aromatic nitrogens is 2. The number of benzene rings is 1. The van der Waals surface area contributed by atoms with E-state index in [-0.39, 0.29) is 0 Å². The number of nitrogens with zero attached hydrogens (tertiary/aromatic N) is 3. The van der Waals surface area contributed by atoms with Gasteiger partial charge in [-0.3, -0.25) is 9.97 Å². The molecule has 1 fully saturated rings. The van der Waals surface area contributed by atoms with Gasteiger partial charge in [0.1, 0.15) is 0 Å². The first-order valence-corrected chi connectivity index (χ1v) is 8.86. The first kappa shape index (κ1) is 15.9. The Kier molecular flexibility index (Phi) is 4.52. The summed E-state index contributed by atoms with van der Waals surface area (Å²) in [5, 5.41) is 10.4. The highest BCUT2D eigenvalue weighted by molar-refractivity contribution is 5.74. The van der Waals surface area contributed by atoms with Crippen LogP contribution in [0.15, 0.2) is 54.3 Å². The van der Waals surface area contributed by atoms with Gasteiger partial charge < -0.3 is 20.9 Å². The van der Waals surface area contributed by atoms with Gasteiger partial charge >= 0.3 is 0 Å². The SMILES string of the molecule is CC1CNCCN1C1=CCNC=C1NCc1ccc2nccnc2c1. The topological polar surface area (TPSA) is 65.1 Å². The van der Waals surface area contributed by atoms with Crippen molar-refractivity contribution in [3.05, 3.63) is 59.8 Å². The molecular formula is C19H24N6. The summed E-state index contributed by atoms with van der Waals surface area (Å²) >= 11 is 0. The fourth-order valence-electron chi connectivity index (χ4n) is 3.43. The smallest absolute Gasteiger partial charge is 0.0890 e. The van der Waals surface area contributed by atoms with E-state index in [9.17, 15) is 0 Å². The van der Waals surface area contributed by atoms with Crippen LogP contribution in [0.4, 0.5) is 0 Å². The van der Waals surface area contributed by atoms with Crippen molar-refractivity contribution in [2.45, 2.75) is 19.5 Å². The van der Waals surface area contributed by atoms with Gasteiger partial charge in [-0.2, -0.15) is 0 Å². The lowest BCUT2D eigenvalue weighted by atomic mass is 10.1. The van der Waals surface area contributed by atoms with E-state index in [1.54, 1.807) is 12.4 Å². The van der Waals surface area contributed by atoms with E-state index < -0.39 is 0 Å². The van der Waals surface area contributed by atoms with Gasteiger partial charge in [-0.05, 0) is 30.7 Å². The lowest BCUT2D eigenvalue weighted by molar-refractivity contribution is 0.223. The molecule has 1 aromatic heterocycles. The number of fused-ring (bicyclic) bond motifs is 1. The summed E-state index contributed by atoms with van der Waals surface area (Å²) in [6, 6.07) is 6.74. The molecule has 0 radical (unpaired) electrons. The molecule has 3 heterocycles. The number of dihydropyridines is 1. The molecule has 1 saturated heterocycles. The standard InChI is InChI=1S/C19H24N6/c1-14-11-21-8-9-25(14)19-4-5-20-13-18(19)24-12-15-2-3-16-17(10-15)23-7-6-22-16/h2-4,6-7,10,13-14,20-21,24H,5,8-9,11-12H2,1H3. The van der Waals surface area contributed by atoms with Gasteiger partial charge in [0.2, 0.25) is 0 Å². The monoisotopic (exact) mass is 336 g/mol. The Bertz CT molecular complexity index is 812. The zero-order valence-corrected chi connectivity index (χ0v) is 14.5. The van der Waals surface area contributed by atoms with E-state index in [0.29, 0.717) is 6.04 Å². The van der Waals surface area contributed by atoms with Gasteiger partial charge in [0.05, 0.1) is 22.4 Å². The third-order valence-electron chi connectivity index (χ3n) is 4.76. The minimum absolute atomic E-state index is 0.499. The second-order valence-corrected chi connectivity index (χ2v) is 6.54. The number of rotatable bonds is 4. The van der Waals surface area contributed by atoms with E-state index in [1.165, 1.54) is 11.3 Å². The van der Waals surface area contributed by atoms with Crippen LogP contribution in [0.25, 0.3) is 11.0 Å². The molecule has 4 rings (SSSR count). The summed E-state index contributed by atoms with van der Waals surface area (Å²) in [5.74, 6) is 0. The second-order valence-electron chi connectivity index (χ2n) is 6.54. The van der Waals surface area contributed by atoms with Crippen molar-refractivity contribution in [3.8, 4) is 0 Å². The fraction of sp³-hybridized carbons (Fsp3) is 0.368. The molecule has 6 nitrogen and oxygen atoms in total. The maximum Gasteiger partial charge on any atom is 0.0890 e. The number of nitrogens with one attached hydrogen (secondary N) is 3. The third-order valence-corrected chi connectivity index (χ3v) is 4.76. The molecule has 1 aromatic carbocycles. The Labute approximate surface area is 148 Å². The molecule has 2 aliphatic heterocycles. The number of hydrogen-bond donors (Lipinski definition) is 3. The molecule has 0 spiro atoms. The van der Waals surface area contributed by atoms with E-state index in [4.69, 9.17) is 0 Å². The van der Waals surface area contributed by atoms with Crippen molar-refractivity contribution < 1.29 is 0 Å². The van der Waals surface area contributed by atoms with Crippen LogP contribution in [0.5, 0.6) is 0 Å². The lowest BCUT2D eigenvalue weighted by Crippen LogP contribution is -2.50. The molecule has 25 heavy (non-hydrogen) atoms. The van der Waals surface area contributed by atoms with Crippen molar-refractivity contribution in [2.24, 2.45) is 0 Å². The largest absolute Gasteiger partial charge is 0.386 e. The van der Waals surface area contributed by atoms with Gasteiger partial charge in [0.25, 0.3) is 0 Å². The molecule has 1 unspecified atom stereocenters. The minimum atomic E-state index is 0.499. The highest BCUT2D eigenvalue weighted by Gasteiger charge is 2.23. The van der Waals surface area contributed by atoms with E-state index in [2.05, 4.69) is 62.2 Å². The van der Waals surface area contributed by atoms with Crippen LogP contribution in [-0.4, -0.2) is 47.1 Å². The molecule has 1 atom stereocenters. The summed E-state index contributed by atoms with van der Waals surface area (Å²) in [6.45, 7) is 7.01. The number of hydrogen-bond acceptors (Lipinski definition) is 6. The summed E-state index contributed by atoms with van der Waals surface area (Å²) in [7, 11) is 0. The summed E-state index contributed by atoms with van der Waals surface area (Å²) in [6.07, 6.45) is 7.82. The second kappa shape index (κ2) is 7.11. The molecule has 2 aromatic rings. The van der Waals surface area contributed by atoms with Gasteiger partial charge in [-0.1, -0.05) is 6.07 Å². The first-order valence-electron chi connectivity index (χ1n) is 8.86. The van der Waals surface area contributed by atoms with Crippen LogP contribution in [0.3, 0.4) is 0 Å². The van der Waals surface area contributed by atoms with Crippen LogP contribution in [0, 0.1) is 0 Å².